The highest BCUT2D eigenvalue weighted by Crippen LogP contribution is 2.28. The van der Waals surface area contributed by atoms with Gasteiger partial charge in [-0.15, -0.1) is 0 Å². The van der Waals surface area contributed by atoms with E-state index in [1.807, 2.05) is 39.0 Å². The molecule has 0 bridgehead atoms. The molecule has 2 heterocycles. The number of carbonyl (C=O) groups is 2. The van der Waals surface area contributed by atoms with Gasteiger partial charge in [0.25, 0.3) is 0 Å². The molecule has 2 aromatic carbocycles. The monoisotopic (exact) mass is 531 g/mol. The van der Waals surface area contributed by atoms with Crippen LogP contribution in [0.25, 0.3) is 11.0 Å². The van der Waals surface area contributed by atoms with E-state index in [0.29, 0.717) is 47.3 Å². The van der Waals surface area contributed by atoms with Gasteiger partial charge in [0.1, 0.15) is 17.1 Å². The minimum atomic E-state index is -0.538. The van der Waals surface area contributed by atoms with Crippen LogP contribution >= 0.6 is 0 Å². The summed E-state index contributed by atoms with van der Waals surface area (Å²) < 4.78 is 17.0. The van der Waals surface area contributed by atoms with E-state index < -0.39 is 11.6 Å². The number of benzene rings is 2. The van der Waals surface area contributed by atoms with E-state index in [2.05, 4.69) is 5.32 Å². The fourth-order valence-corrected chi connectivity index (χ4v) is 4.87. The van der Waals surface area contributed by atoms with Crippen LogP contribution in [0, 0.1) is 6.92 Å². The molecule has 7 nitrogen and oxygen atoms in total. The Bertz CT molecular complexity index is 1440. The van der Waals surface area contributed by atoms with Crippen LogP contribution in [0.1, 0.15) is 73.5 Å². The maximum Gasteiger partial charge on any atom is 0.339 e. The van der Waals surface area contributed by atoms with Crippen molar-refractivity contribution in [2.24, 2.45) is 0 Å². The molecule has 7 heteroatoms. The number of fused-ring (bicyclic) bond motifs is 1. The molecule has 1 fully saturated rings. The smallest absolute Gasteiger partial charge is 0.339 e. The number of ether oxygens (including phenoxy) is 2. The molecule has 1 saturated heterocycles. The van der Waals surface area contributed by atoms with E-state index in [9.17, 15) is 14.4 Å². The highest BCUT2D eigenvalue weighted by molar-refractivity contribution is 5.98. The number of Topliss-reactive ketones (excluding diaryl/α,β-unsaturated/α-hetero) is 1. The molecule has 1 aliphatic rings. The highest BCUT2D eigenvalue weighted by Gasteiger charge is 2.17. The Morgan fingerprint density at radius 1 is 1.05 bits per heavy atom. The SMILES string of the molecule is CC(=O)Oc1ccc(C(=O)Cc2cc3ccc(OCCC4CCCCN4)c(C)c3oc2=O)cc1CC=C(C)C. The summed E-state index contributed by atoms with van der Waals surface area (Å²) in [5.41, 5.74) is 3.27. The van der Waals surface area contributed by atoms with Crippen molar-refractivity contribution in [1.29, 1.82) is 0 Å². The lowest BCUT2D eigenvalue weighted by atomic mass is 9.99. The second kappa shape index (κ2) is 12.9. The molecule has 4 rings (SSSR count). The molecule has 39 heavy (non-hydrogen) atoms. The maximum absolute atomic E-state index is 13.2. The average molecular weight is 532 g/mol. The first-order valence-electron chi connectivity index (χ1n) is 13.6. The Labute approximate surface area is 229 Å². The topological polar surface area (TPSA) is 94.8 Å². The lowest BCUT2D eigenvalue weighted by Gasteiger charge is -2.23. The van der Waals surface area contributed by atoms with Crippen molar-refractivity contribution < 1.29 is 23.5 Å². The van der Waals surface area contributed by atoms with Gasteiger partial charge in [-0.3, -0.25) is 9.59 Å². The lowest BCUT2D eigenvalue weighted by Crippen LogP contribution is -2.35. The summed E-state index contributed by atoms with van der Waals surface area (Å²) in [6, 6.07) is 10.9. The van der Waals surface area contributed by atoms with Crippen molar-refractivity contribution >= 4 is 22.7 Å². The Balaban J connectivity index is 1.50. The van der Waals surface area contributed by atoms with Crippen molar-refractivity contribution in [1.82, 2.24) is 5.32 Å². The number of piperidine rings is 1. The Kier molecular flexibility index (Phi) is 9.36. The summed E-state index contributed by atoms with van der Waals surface area (Å²) in [5, 5.41) is 4.27. The molecule has 206 valence electrons. The maximum atomic E-state index is 13.2. The van der Waals surface area contributed by atoms with Crippen molar-refractivity contribution in [3.63, 3.8) is 0 Å². The molecule has 0 spiro atoms. The van der Waals surface area contributed by atoms with Crippen molar-refractivity contribution in [2.75, 3.05) is 13.2 Å². The summed E-state index contributed by atoms with van der Waals surface area (Å²) in [6.45, 7) is 8.83. The van der Waals surface area contributed by atoms with Gasteiger partial charge in [0, 0.05) is 41.5 Å². The fraction of sp³-hybridized carbons (Fsp3) is 0.406. The Morgan fingerprint density at radius 3 is 2.56 bits per heavy atom. The van der Waals surface area contributed by atoms with E-state index in [1.54, 1.807) is 24.3 Å². The van der Waals surface area contributed by atoms with E-state index in [-0.39, 0.29) is 12.2 Å². The minimum absolute atomic E-state index is 0.0983. The van der Waals surface area contributed by atoms with Crippen molar-refractivity contribution in [3.05, 3.63) is 80.7 Å². The number of ketones is 1. The van der Waals surface area contributed by atoms with Crippen molar-refractivity contribution in [2.45, 2.75) is 72.3 Å². The summed E-state index contributed by atoms with van der Waals surface area (Å²) >= 11 is 0. The van der Waals surface area contributed by atoms with Gasteiger partial charge in [0.15, 0.2) is 5.78 Å². The lowest BCUT2D eigenvalue weighted by molar-refractivity contribution is -0.131. The van der Waals surface area contributed by atoms with Gasteiger partial charge in [-0.1, -0.05) is 18.1 Å². The van der Waals surface area contributed by atoms with Gasteiger partial charge in [-0.2, -0.15) is 0 Å². The van der Waals surface area contributed by atoms with Gasteiger partial charge < -0.3 is 19.2 Å². The molecule has 1 atom stereocenters. The number of aryl methyl sites for hydroxylation is 1. The molecule has 0 aliphatic carbocycles. The third kappa shape index (κ3) is 7.45. The first-order valence-corrected chi connectivity index (χ1v) is 13.6. The van der Waals surface area contributed by atoms with Crippen molar-refractivity contribution in [3.8, 4) is 11.5 Å². The van der Waals surface area contributed by atoms with E-state index in [1.165, 1.54) is 26.2 Å². The second-order valence-electron chi connectivity index (χ2n) is 10.5. The minimum Gasteiger partial charge on any atom is -0.493 e. The van der Waals surface area contributed by atoms with Crippen LogP contribution in [-0.4, -0.2) is 30.9 Å². The van der Waals surface area contributed by atoms with E-state index in [4.69, 9.17) is 13.9 Å². The predicted molar refractivity (Wildman–Crippen MR) is 152 cm³/mol. The molecule has 1 N–H and O–H groups in total. The number of rotatable bonds is 10. The molecule has 0 radical (unpaired) electrons. The van der Waals surface area contributed by atoms with Crippen LogP contribution in [0.15, 0.2) is 57.3 Å². The zero-order valence-electron chi connectivity index (χ0n) is 23.2. The predicted octanol–water partition coefficient (Wildman–Crippen LogP) is 5.87. The van der Waals surface area contributed by atoms with Crippen LogP contribution in [0.2, 0.25) is 0 Å². The quantitative estimate of drug-likeness (QED) is 0.115. The highest BCUT2D eigenvalue weighted by atomic mass is 16.5. The van der Waals surface area contributed by atoms with Gasteiger partial charge in [0.05, 0.1) is 6.61 Å². The molecule has 0 amide bonds. The largest absolute Gasteiger partial charge is 0.493 e. The van der Waals surface area contributed by atoms with Gasteiger partial charge in [-0.05, 0) is 95.0 Å². The number of nitrogens with one attached hydrogen (secondary N) is 1. The second-order valence-corrected chi connectivity index (χ2v) is 10.5. The number of allylic oxidation sites excluding steroid dienone is 2. The van der Waals surface area contributed by atoms with Gasteiger partial charge in [0.2, 0.25) is 0 Å². The number of esters is 1. The normalized spacial score (nSPS) is 15.1. The first kappa shape index (κ1) is 28.3. The van der Waals surface area contributed by atoms with Gasteiger partial charge in [-0.25, -0.2) is 4.79 Å². The third-order valence-corrected chi connectivity index (χ3v) is 7.03. The standard InChI is InChI=1S/C32H37NO6/c1-20(2)8-9-24-17-23(10-13-30(24)38-22(4)34)28(35)19-26-18-25-11-12-29(21(3)31(25)39-32(26)36)37-16-14-27-7-5-6-15-33-27/h8,10-13,17-18,27,33H,5-7,9,14-16,19H2,1-4H3. The van der Waals surface area contributed by atoms with Crippen LogP contribution in [-0.2, 0) is 17.6 Å². The summed E-state index contributed by atoms with van der Waals surface area (Å²) in [5.74, 6) is 0.473. The molecule has 1 unspecified atom stereocenters. The number of hydrogen-bond donors (Lipinski definition) is 1. The summed E-state index contributed by atoms with van der Waals surface area (Å²) in [6.07, 6.45) is 7.00. The average Bonchev–Trinajstić information content (AvgIpc) is 2.90. The zero-order chi connectivity index (χ0) is 27.9. The molecular weight excluding hydrogens is 494 g/mol. The van der Waals surface area contributed by atoms with Crippen LogP contribution in [0.4, 0.5) is 0 Å². The van der Waals surface area contributed by atoms with Crippen LogP contribution < -0.4 is 20.4 Å². The van der Waals surface area contributed by atoms with Crippen LogP contribution in [0.3, 0.4) is 0 Å². The molecule has 0 saturated carbocycles. The molecule has 1 aromatic heterocycles. The molecule has 1 aliphatic heterocycles. The van der Waals surface area contributed by atoms with Crippen LogP contribution in [0.5, 0.6) is 11.5 Å². The Hall–Kier alpha value is -3.71. The zero-order valence-corrected chi connectivity index (χ0v) is 23.2. The van der Waals surface area contributed by atoms with E-state index >= 15 is 0 Å². The molecule has 3 aromatic rings. The first-order chi connectivity index (χ1) is 18.7. The number of carbonyl (C=O) groups excluding carboxylic acids is 2. The van der Waals surface area contributed by atoms with Gasteiger partial charge >= 0.3 is 11.6 Å². The third-order valence-electron chi connectivity index (χ3n) is 7.03. The summed E-state index contributed by atoms with van der Waals surface area (Å²) in [7, 11) is 0. The van der Waals surface area contributed by atoms with E-state index in [0.717, 1.165) is 35.1 Å². The summed E-state index contributed by atoms with van der Waals surface area (Å²) in [4.78, 5) is 37.5. The Morgan fingerprint density at radius 2 is 1.85 bits per heavy atom. The number of hydrogen-bond acceptors (Lipinski definition) is 7. The molecular formula is C32H37NO6. The fourth-order valence-electron chi connectivity index (χ4n) is 4.87.